The highest BCUT2D eigenvalue weighted by Gasteiger charge is 1.94. The monoisotopic (exact) mass is 130 g/mol. The third-order valence-electron chi connectivity index (χ3n) is 1.11. The molecule has 0 aliphatic heterocycles. The molecule has 0 aliphatic rings. The van der Waals surface area contributed by atoms with Crippen molar-refractivity contribution in [3.63, 3.8) is 0 Å². The Morgan fingerprint density at radius 1 is 1.40 bits per heavy atom. The first kappa shape index (κ1) is 7.22. The molecule has 0 spiro atoms. The molecule has 1 aromatic rings. The molecule has 0 fully saturated rings. The Hall–Kier alpha value is -0.890. The topological polar surface area (TPSA) is 35.2 Å². The molecule has 0 unspecified atom stereocenters. The van der Waals surface area contributed by atoms with Crippen LogP contribution in [0.5, 0.6) is 5.75 Å². The highest BCUT2D eigenvalue weighted by atomic mass is 16.4. The number of hydrogen-bond donors (Lipinski definition) is 1. The fraction of sp³-hybridized carbons (Fsp3) is 0. The lowest BCUT2D eigenvalue weighted by Crippen LogP contribution is -2.18. The molecule has 0 bridgehead atoms. The van der Waals surface area contributed by atoms with Crippen LogP contribution in [0.15, 0.2) is 24.3 Å². The van der Waals surface area contributed by atoms with Gasteiger partial charge in [0.2, 0.25) is 0 Å². The molecule has 3 radical (unpaired) electrons. The number of para-hydroxylation sites is 1. The third-order valence-corrected chi connectivity index (χ3v) is 1.11. The summed E-state index contributed by atoms with van der Waals surface area (Å²) in [4.78, 5) is 0. The molecule has 1 rings (SSSR count). The van der Waals surface area contributed by atoms with Gasteiger partial charge in [0.15, 0.2) is 0 Å². The summed E-state index contributed by atoms with van der Waals surface area (Å²) in [5.74, 6) is 0.588. The van der Waals surface area contributed by atoms with Crippen molar-refractivity contribution in [2.75, 3.05) is 0 Å². The fourth-order valence-corrected chi connectivity index (χ4v) is 0.661. The van der Waals surface area contributed by atoms with Gasteiger partial charge in [-0.05, 0) is 6.07 Å². The minimum absolute atomic E-state index is 0.587. The number of nitrogens with two attached hydrogens (primary N) is 1. The Morgan fingerprint density at radius 3 is 2.70 bits per heavy atom. The van der Waals surface area contributed by atoms with Gasteiger partial charge in [0, 0.05) is 0 Å². The van der Waals surface area contributed by atoms with Crippen LogP contribution in [0.4, 0.5) is 0 Å². The summed E-state index contributed by atoms with van der Waals surface area (Å²) in [6, 6.07) is 7.16. The van der Waals surface area contributed by atoms with E-state index in [0.29, 0.717) is 11.2 Å². The van der Waals surface area contributed by atoms with E-state index in [9.17, 15) is 0 Å². The van der Waals surface area contributed by atoms with Gasteiger partial charge in [-0.15, -0.1) is 0 Å². The van der Waals surface area contributed by atoms with E-state index in [4.69, 9.17) is 18.1 Å². The Kier molecular flexibility index (Phi) is 2.40. The zero-order valence-corrected chi connectivity index (χ0v) is 5.45. The Bertz CT molecular complexity index is 217. The maximum atomic E-state index is 5.51. The van der Waals surface area contributed by atoms with Gasteiger partial charge in [0.05, 0.1) is 5.75 Å². The molecule has 0 atom stereocenters. The number of hydrogen-bond acceptors (Lipinski definition) is 2. The molecule has 2 nitrogen and oxygen atoms in total. The van der Waals surface area contributed by atoms with E-state index in [1.54, 1.807) is 12.1 Å². The molecule has 0 aliphatic carbocycles. The van der Waals surface area contributed by atoms with Crippen molar-refractivity contribution in [1.82, 2.24) is 0 Å². The standard InChI is InChI=1S/C6H6B2NO/c7-5-3-1-2-4-6(5)10-8-9/h1-4H,9H2. The largest absolute Gasteiger partial charge is 0.548 e. The molecule has 0 aromatic heterocycles. The van der Waals surface area contributed by atoms with Gasteiger partial charge in [-0.25, -0.2) is 0 Å². The van der Waals surface area contributed by atoms with Crippen LogP contribution in [0.1, 0.15) is 0 Å². The normalized spacial score (nSPS) is 8.90. The van der Waals surface area contributed by atoms with E-state index in [1.165, 1.54) is 0 Å². The van der Waals surface area contributed by atoms with Crippen molar-refractivity contribution in [1.29, 1.82) is 0 Å². The lowest BCUT2D eigenvalue weighted by Gasteiger charge is -2.04. The summed E-state index contributed by atoms with van der Waals surface area (Å²) in [6.07, 6.45) is 0. The SMILES string of the molecule is [B]c1ccccc1O[B]N. The van der Waals surface area contributed by atoms with Crippen LogP contribution >= 0.6 is 0 Å². The summed E-state index contributed by atoms with van der Waals surface area (Å²) in [6.45, 7) is 0. The second-order valence-corrected chi connectivity index (χ2v) is 1.79. The molecule has 10 heavy (non-hydrogen) atoms. The van der Waals surface area contributed by atoms with Gasteiger partial charge < -0.3 is 10.3 Å². The van der Waals surface area contributed by atoms with Gasteiger partial charge in [-0.3, -0.25) is 0 Å². The molecule has 0 saturated heterocycles. The van der Waals surface area contributed by atoms with E-state index in [2.05, 4.69) is 0 Å². The van der Waals surface area contributed by atoms with Crippen LogP contribution in [0, 0.1) is 0 Å². The molecular formula is C6H6B2NO. The molecule has 4 heteroatoms. The van der Waals surface area contributed by atoms with E-state index in [0.717, 1.165) is 7.62 Å². The first-order valence-electron chi connectivity index (χ1n) is 2.89. The van der Waals surface area contributed by atoms with E-state index >= 15 is 0 Å². The Labute approximate surface area is 62.1 Å². The molecule has 0 heterocycles. The van der Waals surface area contributed by atoms with E-state index in [1.807, 2.05) is 12.1 Å². The zero-order chi connectivity index (χ0) is 7.40. The first-order chi connectivity index (χ1) is 4.84. The Balaban J connectivity index is 2.81. The average Bonchev–Trinajstić information content (AvgIpc) is 1.94. The van der Waals surface area contributed by atoms with Gasteiger partial charge in [-0.1, -0.05) is 23.7 Å². The highest BCUT2D eigenvalue weighted by molar-refractivity contribution is 6.35. The average molecular weight is 130 g/mol. The van der Waals surface area contributed by atoms with Crippen LogP contribution in [0.2, 0.25) is 0 Å². The molecule has 0 amide bonds. The smallest absolute Gasteiger partial charge is 0.474 e. The molecule has 1 aromatic carbocycles. The van der Waals surface area contributed by atoms with Crippen molar-refractivity contribution < 1.29 is 4.65 Å². The van der Waals surface area contributed by atoms with E-state index < -0.39 is 0 Å². The predicted molar refractivity (Wildman–Crippen MR) is 42.4 cm³/mol. The zero-order valence-electron chi connectivity index (χ0n) is 5.45. The number of rotatable bonds is 2. The molecule has 0 saturated carbocycles. The first-order valence-corrected chi connectivity index (χ1v) is 2.89. The molecule has 2 N–H and O–H groups in total. The van der Waals surface area contributed by atoms with Crippen molar-refractivity contribution in [2.24, 2.45) is 5.64 Å². The Morgan fingerprint density at radius 2 is 2.10 bits per heavy atom. The van der Waals surface area contributed by atoms with Crippen molar-refractivity contribution in [3.05, 3.63) is 24.3 Å². The summed E-state index contributed by atoms with van der Waals surface area (Å²) in [5, 5.41) is 0. The van der Waals surface area contributed by atoms with Crippen molar-refractivity contribution in [2.45, 2.75) is 0 Å². The van der Waals surface area contributed by atoms with Gasteiger partial charge in [0.1, 0.15) is 7.85 Å². The minimum Gasteiger partial charge on any atom is -0.548 e. The van der Waals surface area contributed by atoms with Gasteiger partial charge in [0.25, 0.3) is 0 Å². The lowest BCUT2D eigenvalue weighted by atomic mass is 9.95. The van der Waals surface area contributed by atoms with Crippen LogP contribution in [-0.2, 0) is 0 Å². The van der Waals surface area contributed by atoms with E-state index in [-0.39, 0.29) is 0 Å². The van der Waals surface area contributed by atoms with Crippen LogP contribution in [0.25, 0.3) is 0 Å². The maximum Gasteiger partial charge on any atom is 0.474 e. The van der Waals surface area contributed by atoms with Gasteiger partial charge >= 0.3 is 7.62 Å². The minimum atomic E-state index is 0.587. The van der Waals surface area contributed by atoms with Gasteiger partial charge in [-0.2, -0.15) is 0 Å². The van der Waals surface area contributed by atoms with Crippen LogP contribution < -0.4 is 15.8 Å². The quantitative estimate of drug-likeness (QED) is 0.539. The number of benzene rings is 1. The summed E-state index contributed by atoms with van der Waals surface area (Å²) in [5.41, 5.74) is 5.61. The van der Waals surface area contributed by atoms with Crippen molar-refractivity contribution in [3.8, 4) is 5.75 Å². The van der Waals surface area contributed by atoms with Crippen LogP contribution in [0.3, 0.4) is 0 Å². The summed E-state index contributed by atoms with van der Waals surface area (Å²) < 4.78 is 4.86. The van der Waals surface area contributed by atoms with Crippen LogP contribution in [-0.4, -0.2) is 15.5 Å². The third kappa shape index (κ3) is 1.54. The highest BCUT2D eigenvalue weighted by Crippen LogP contribution is 2.02. The molecular weight excluding hydrogens is 124 g/mol. The second kappa shape index (κ2) is 3.32. The second-order valence-electron chi connectivity index (χ2n) is 1.79. The predicted octanol–water partition coefficient (Wildman–Crippen LogP) is -0.648. The summed E-state index contributed by atoms with van der Waals surface area (Å²) >= 11 is 0. The van der Waals surface area contributed by atoms with Crippen molar-refractivity contribution >= 4 is 20.9 Å². The lowest BCUT2D eigenvalue weighted by molar-refractivity contribution is 0.600. The molecule has 47 valence electrons. The fourth-order valence-electron chi connectivity index (χ4n) is 0.661. The maximum absolute atomic E-state index is 5.51. The summed E-state index contributed by atoms with van der Waals surface area (Å²) in [7, 11) is 6.61.